The highest BCUT2D eigenvalue weighted by Gasteiger charge is 2.03. The van der Waals surface area contributed by atoms with Crippen LogP contribution in [-0.2, 0) is 0 Å². The van der Waals surface area contributed by atoms with Gasteiger partial charge in [-0.3, -0.25) is 0 Å². The maximum absolute atomic E-state index is 4.43. The zero-order chi connectivity index (χ0) is 13.2. The van der Waals surface area contributed by atoms with Gasteiger partial charge in [-0.05, 0) is 41.8 Å². The van der Waals surface area contributed by atoms with Crippen molar-refractivity contribution in [2.75, 3.05) is 5.32 Å². The summed E-state index contributed by atoms with van der Waals surface area (Å²) in [5, 5.41) is 5.61. The van der Waals surface area contributed by atoms with E-state index < -0.39 is 0 Å². The van der Waals surface area contributed by atoms with E-state index >= 15 is 0 Å². The highest BCUT2D eigenvalue weighted by molar-refractivity contribution is 9.10. The average molecular weight is 378 g/mol. The Bertz CT molecular complexity index is 741. The molecule has 0 saturated carbocycles. The number of hydrogen-bond acceptors (Lipinski definition) is 2. The molecule has 0 aliphatic rings. The second-order valence-corrected chi connectivity index (χ2v) is 5.99. The Morgan fingerprint density at radius 1 is 0.895 bits per heavy atom. The van der Waals surface area contributed by atoms with Crippen molar-refractivity contribution in [1.29, 1.82) is 0 Å². The number of hydrogen-bond donors (Lipinski definition) is 1. The van der Waals surface area contributed by atoms with Gasteiger partial charge in [0.25, 0.3) is 0 Å². The summed E-state index contributed by atoms with van der Waals surface area (Å²) in [6.45, 7) is 0. The molecule has 0 spiro atoms. The van der Waals surface area contributed by atoms with Crippen LogP contribution in [0.15, 0.2) is 63.7 Å². The van der Waals surface area contributed by atoms with Crippen LogP contribution in [0.1, 0.15) is 0 Å². The second-order valence-electron chi connectivity index (χ2n) is 4.16. The summed E-state index contributed by atoms with van der Waals surface area (Å²) in [6, 6.07) is 16.2. The van der Waals surface area contributed by atoms with Crippen molar-refractivity contribution < 1.29 is 0 Å². The maximum Gasteiger partial charge on any atom is 0.138 e. The average Bonchev–Trinajstić information content (AvgIpc) is 2.39. The van der Waals surface area contributed by atoms with Crippen molar-refractivity contribution >= 4 is 54.1 Å². The van der Waals surface area contributed by atoms with Gasteiger partial charge >= 0.3 is 0 Å². The van der Waals surface area contributed by atoms with E-state index in [1.54, 1.807) is 0 Å². The molecule has 1 heterocycles. The first-order valence-electron chi connectivity index (χ1n) is 5.79. The molecule has 0 aliphatic heterocycles. The number of aromatic nitrogens is 1. The van der Waals surface area contributed by atoms with Crippen molar-refractivity contribution in [2.24, 2.45) is 0 Å². The van der Waals surface area contributed by atoms with E-state index in [0.29, 0.717) is 0 Å². The lowest BCUT2D eigenvalue weighted by Gasteiger charge is -2.09. The van der Waals surface area contributed by atoms with Crippen LogP contribution in [-0.4, -0.2) is 4.98 Å². The molecule has 0 bridgehead atoms. The molecule has 0 unspecified atom stereocenters. The molecule has 19 heavy (non-hydrogen) atoms. The summed E-state index contributed by atoms with van der Waals surface area (Å²) >= 11 is 6.97. The van der Waals surface area contributed by atoms with Gasteiger partial charge in [-0.1, -0.05) is 44.0 Å². The minimum atomic E-state index is 0.858. The van der Waals surface area contributed by atoms with Gasteiger partial charge in [-0.15, -0.1) is 0 Å². The Morgan fingerprint density at radius 2 is 1.74 bits per heavy atom. The number of nitrogens with zero attached hydrogens (tertiary/aromatic N) is 1. The molecule has 4 heteroatoms. The molecule has 0 radical (unpaired) electrons. The quantitative estimate of drug-likeness (QED) is 0.637. The molecule has 0 amide bonds. The Hall–Kier alpha value is -1.39. The lowest BCUT2D eigenvalue weighted by atomic mass is 10.1. The molecule has 3 rings (SSSR count). The van der Waals surface area contributed by atoms with Crippen LogP contribution in [0.2, 0.25) is 0 Å². The molecule has 2 nitrogen and oxygen atoms in total. The first-order chi connectivity index (χ1) is 9.22. The predicted molar refractivity (Wildman–Crippen MR) is 86.9 cm³/mol. The Balaban J connectivity index is 2.07. The zero-order valence-corrected chi connectivity index (χ0v) is 13.1. The SMILES string of the molecule is Brc1cccc(Nc2nccc3ccc(Br)cc23)c1. The molecular weight excluding hydrogens is 368 g/mol. The molecule has 0 fully saturated rings. The summed E-state index contributed by atoms with van der Waals surface area (Å²) in [5.41, 5.74) is 1.01. The van der Waals surface area contributed by atoms with Crippen molar-refractivity contribution in [3.8, 4) is 0 Å². The molecular formula is C15H10Br2N2. The topological polar surface area (TPSA) is 24.9 Å². The van der Waals surface area contributed by atoms with E-state index in [4.69, 9.17) is 0 Å². The lowest BCUT2D eigenvalue weighted by molar-refractivity contribution is 1.34. The standard InChI is InChI=1S/C15H10Br2N2/c16-11-2-1-3-13(8-11)19-15-14-9-12(17)5-4-10(14)6-7-18-15/h1-9H,(H,18,19). The predicted octanol–water partition coefficient (Wildman–Crippen LogP) is 5.50. The third-order valence-corrected chi connectivity index (χ3v) is 3.80. The number of pyridine rings is 1. The Labute approximate surface area is 128 Å². The fourth-order valence-electron chi connectivity index (χ4n) is 1.94. The normalized spacial score (nSPS) is 10.6. The Morgan fingerprint density at radius 3 is 2.58 bits per heavy atom. The van der Waals surface area contributed by atoms with Crippen LogP contribution in [0.4, 0.5) is 11.5 Å². The molecule has 94 valence electrons. The molecule has 2 aromatic carbocycles. The van der Waals surface area contributed by atoms with E-state index in [2.05, 4.69) is 54.3 Å². The summed E-state index contributed by atoms with van der Waals surface area (Å²) in [4.78, 5) is 4.43. The summed E-state index contributed by atoms with van der Waals surface area (Å²) < 4.78 is 2.09. The number of anilines is 2. The number of fused-ring (bicyclic) bond motifs is 1. The molecule has 1 aromatic heterocycles. The number of benzene rings is 2. The van der Waals surface area contributed by atoms with Gasteiger partial charge in [-0.25, -0.2) is 4.98 Å². The first kappa shape index (κ1) is 12.6. The summed E-state index contributed by atoms with van der Waals surface area (Å²) in [7, 11) is 0. The van der Waals surface area contributed by atoms with E-state index in [1.165, 1.54) is 0 Å². The van der Waals surface area contributed by atoms with Crippen molar-refractivity contribution in [2.45, 2.75) is 0 Å². The third kappa shape index (κ3) is 2.80. The summed E-state index contributed by atoms with van der Waals surface area (Å²) in [5.74, 6) is 0.858. The van der Waals surface area contributed by atoms with Gasteiger partial charge in [0.2, 0.25) is 0 Å². The first-order valence-corrected chi connectivity index (χ1v) is 7.38. The zero-order valence-electron chi connectivity index (χ0n) is 9.90. The van der Waals surface area contributed by atoms with Crippen LogP contribution in [0, 0.1) is 0 Å². The molecule has 1 N–H and O–H groups in total. The van der Waals surface area contributed by atoms with Crippen molar-refractivity contribution in [3.63, 3.8) is 0 Å². The minimum Gasteiger partial charge on any atom is -0.340 e. The van der Waals surface area contributed by atoms with Gasteiger partial charge in [0.05, 0.1) is 0 Å². The maximum atomic E-state index is 4.43. The highest BCUT2D eigenvalue weighted by atomic mass is 79.9. The second kappa shape index (κ2) is 5.31. The summed E-state index contributed by atoms with van der Waals surface area (Å²) in [6.07, 6.45) is 1.82. The highest BCUT2D eigenvalue weighted by Crippen LogP contribution is 2.27. The fraction of sp³-hybridized carbons (Fsp3) is 0. The Kier molecular flexibility index (Phi) is 3.53. The number of rotatable bonds is 2. The molecule has 0 saturated heterocycles. The minimum absolute atomic E-state index is 0.858. The van der Waals surface area contributed by atoms with E-state index in [1.807, 2.05) is 42.6 Å². The van der Waals surface area contributed by atoms with Gasteiger partial charge in [0.15, 0.2) is 0 Å². The third-order valence-electron chi connectivity index (χ3n) is 2.82. The van der Waals surface area contributed by atoms with Gasteiger partial charge < -0.3 is 5.32 Å². The lowest BCUT2D eigenvalue weighted by Crippen LogP contribution is -1.94. The van der Waals surface area contributed by atoms with Gasteiger partial charge in [-0.2, -0.15) is 0 Å². The van der Waals surface area contributed by atoms with Crippen LogP contribution in [0.25, 0.3) is 10.8 Å². The van der Waals surface area contributed by atoms with Crippen LogP contribution >= 0.6 is 31.9 Å². The van der Waals surface area contributed by atoms with Gasteiger partial charge in [0.1, 0.15) is 5.82 Å². The molecule has 3 aromatic rings. The van der Waals surface area contributed by atoms with Crippen LogP contribution in [0.5, 0.6) is 0 Å². The van der Waals surface area contributed by atoms with Crippen molar-refractivity contribution in [3.05, 3.63) is 63.7 Å². The van der Waals surface area contributed by atoms with Crippen LogP contribution in [0.3, 0.4) is 0 Å². The monoisotopic (exact) mass is 376 g/mol. The van der Waals surface area contributed by atoms with Gasteiger partial charge in [0, 0.05) is 26.2 Å². The number of halogens is 2. The van der Waals surface area contributed by atoms with E-state index in [9.17, 15) is 0 Å². The fourth-order valence-corrected chi connectivity index (χ4v) is 2.70. The largest absolute Gasteiger partial charge is 0.340 e. The van der Waals surface area contributed by atoms with E-state index in [0.717, 1.165) is 31.2 Å². The van der Waals surface area contributed by atoms with E-state index in [-0.39, 0.29) is 0 Å². The van der Waals surface area contributed by atoms with Crippen LogP contribution < -0.4 is 5.32 Å². The smallest absolute Gasteiger partial charge is 0.138 e. The molecule has 0 aliphatic carbocycles. The number of nitrogens with one attached hydrogen (secondary N) is 1. The molecule has 0 atom stereocenters. The van der Waals surface area contributed by atoms with Crippen molar-refractivity contribution in [1.82, 2.24) is 4.98 Å².